The number of hydrogen-bond acceptors (Lipinski definition) is 15. The average Bonchev–Trinajstić information content (AvgIpc) is 3.50. The van der Waals surface area contributed by atoms with Gasteiger partial charge in [-0.1, -0.05) is 45.9 Å². The highest BCUT2D eigenvalue weighted by Gasteiger charge is 2.50. The third-order valence-electron chi connectivity index (χ3n) is 11.6. The summed E-state index contributed by atoms with van der Waals surface area (Å²) >= 11 is 0. The number of phenolic OH excluding ortho intramolecular Hbond substituents is 3. The molecular formula is C45H54N4O13. The van der Waals surface area contributed by atoms with Gasteiger partial charge in [0, 0.05) is 72.4 Å². The third-order valence-corrected chi connectivity index (χ3v) is 11.6. The molecule has 332 valence electrons. The van der Waals surface area contributed by atoms with Crippen LogP contribution in [0.25, 0.3) is 10.8 Å². The second-order valence-electron chi connectivity index (χ2n) is 15.9. The van der Waals surface area contributed by atoms with Crippen LogP contribution in [0.3, 0.4) is 0 Å². The van der Waals surface area contributed by atoms with Crippen LogP contribution >= 0.6 is 0 Å². The van der Waals surface area contributed by atoms with Crippen molar-refractivity contribution < 1.29 is 63.7 Å². The second-order valence-corrected chi connectivity index (χ2v) is 15.9. The van der Waals surface area contributed by atoms with Crippen molar-refractivity contribution >= 4 is 51.9 Å². The van der Waals surface area contributed by atoms with Crippen LogP contribution in [-0.4, -0.2) is 92.6 Å². The number of nitrogens with zero attached hydrogens (tertiary/aromatic N) is 1. The highest BCUT2D eigenvalue weighted by molar-refractivity contribution is 6.24. The Morgan fingerprint density at radius 1 is 0.935 bits per heavy atom. The first-order valence-corrected chi connectivity index (χ1v) is 19.9. The van der Waals surface area contributed by atoms with E-state index in [-0.39, 0.29) is 39.0 Å². The molecule has 3 aromatic rings. The Kier molecular flexibility index (Phi) is 14.0. The standard InChI is InChI=1S/C45H54N4O13/c1-20-11-10-12-21(2)43(57)48-34-29(19-47-49-44(58)27-13-15-28(46)16-14-27)38(54)31-32(39(34)55)37(53)25(6)41-33(31)42(56)45(8,62-41)60-18-17-30(59-9)22(3)40(61-26(7)50)24(5)36(52)23(4)35(20)51/h10-20,22-24,30,35-36,40,51-55H,46H2,1-9H3,(H,48,57)(H,49,58)/b11-10+,18-17+,21-12+,47-19-. The van der Waals surface area contributed by atoms with Gasteiger partial charge in [-0.15, -0.1) is 0 Å². The molecule has 3 aliphatic rings. The van der Waals surface area contributed by atoms with Crippen molar-refractivity contribution in [1.29, 1.82) is 0 Å². The van der Waals surface area contributed by atoms with Crippen molar-refractivity contribution in [3.8, 4) is 23.0 Å². The number of hydrogen-bond donors (Lipinski definition) is 8. The summed E-state index contributed by atoms with van der Waals surface area (Å²) in [7, 11) is 1.41. The lowest BCUT2D eigenvalue weighted by molar-refractivity contribution is -0.160. The number of hydrazone groups is 1. The number of fused-ring (bicyclic) bond motifs is 14. The van der Waals surface area contributed by atoms with Crippen LogP contribution in [0.1, 0.15) is 80.3 Å². The Morgan fingerprint density at radius 3 is 2.23 bits per heavy atom. The fourth-order valence-corrected chi connectivity index (χ4v) is 7.73. The van der Waals surface area contributed by atoms with Gasteiger partial charge in [0.1, 0.15) is 23.4 Å². The topological polar surface area (TPSA) is 269 Å². The average molecular weight is 859 g/mol. The molecule has 6 rings (SSSR count). The third kappa shape index (κ3) is 9.10. The maximum absolute atomic E-state index is 14.4. The maximum atomic E-state index is 14.4. The zero-order valence-electron chi connectivity index (χ0n) is 35.9. The van der Waals surface area contributed by atoms with E-state index >= 15 is 0 Å². The number of allylic oxidation sites excluding steroid dienone is 2. The lowest BCUT2D eigenvalue weighted by atomic mass is 9.78. The van der Waals surface area contributed by atoms with Crippen LogP contribution in [0.15, 0.2) is 65.5 Å². The number of nitrogens with two attached hydrogens (primary N) is 1. The number of carbonyl (C=O) groups is 4. The van der Waals surface area contributed by atoms with E-state index in [0.717, 1.165) is 12.5 Å². The molecule has 17 heteroatoms. The summed E-state index contributed by atoms with van der Waals surface area (Å²) in [6.07, 6.45) is 4.11. The number of rotatable bonds is 5. The zero-order chi connectivity index (χ0) is 46.0. The van der Waals surface area contributed by atoms with Crippen LogP contribution in [0.4, 0.5) is 11.4 Å². The molecule has 2 amide bonds. The number of esters is 1. The molecular weight excluding hydrogens is 805 g/mol. The molecule has 0 radical (unpaired) electrons. The second kappa shape index (κ2) is 18.7. The molecule has 5 bridgehead atoms. The molecule has 62 heavy (non-hydrogen) atoms. The van der Waals surface area contributed by atoms with E-state index < -0.39 is 106 Å². The fourth-order valence-electron chi connectivity index (χ4n) is 7.73. The van der Waals surface area contributed by atoms with Crippen LogP contribution in [0.5, 0.6) is 23.0 Å². The number of aliphatic hydroxyl groups excluding tert-OH is 2. The van der Waals surface area contributed by atoms with E-state index in [0.29, 0.717) is 5.69 Å². The normalized spacial score (nSPS) is 29.0. The number of benzene rings is 3. The molecule has 17 nitrogen and oxygen atoms in total. The number of ketones is 1. The van der Waals surface area contributed by atoms with Crippen molar-refractivity contribution in [2.75, 3.05) is 18.2 Å². The smallest absolute Gasteiger partial charge is 0.312 e. The number of aromatic hydroxyl groups is 3. The van der Waals surface area contributed by atoms with Gasteiger partial charge in [0.15, 0.2) is 5.75 Å². The zero-order valence-corrected chi connectivity index (χ0v) is 35.9. The Labute approximate surface area is 358 Å². The summed E-state index contributed by atoms with van der Waals surface area (Å²) in [5.74, 6) is -9.93. The minimum Gasteiger partial charge on any atom is -0.507 e. The Hall–Kier alpha value is -6.43. The molecule has 9 unspecified atom stereocenters. The predicted octanol–water partition coefficient (Wildman–Crippen LogP) is 5.10. The van der Waals surface area contributed by atoms with Gasteiger partial charge in [-0.2, -0.15) is 5.10 Å². The molecule has 9 N–H and O–H groups in total. The number of aliphatic hydroxyl groups is 2. The van der Waals surface area contributed by atoms with Gasteiger partial charge >= 0.3 is 11.8 Å². The molecule has 0 saturated heterocycles. The number of amides is 2. The minimum absolute atomic E-state index is 0.0151. The maximum Gasteiger partial charge on any atom is 0.312 e. The monoisotopic (exact) mass is 858 g/mol. The van der Waals surface area contributed by atoms with E-state index in [1.807, 2.05) is 0 Å². The highest BCUT2D eigenvalue weighted by atomic mass is 16.7. The largest absolute Gasteiger partial charge is 0.507 e. The SMILES string of the molecule is COC1/C=C/OC2(C)Oc3c(C)c(O)c4c(O)c(c(/C=N\NC(=O)c5ccc(N)cc5)c(O)c4c3C2=O)NC(=O)/C(C)=C/C=C/C(C)C(O)C(C)C(O)C(C)C(OC(C)=O)C1C. The van der Waals surface area contributed by atoms with E-state index in [4.69, 9.17) is 24.7 Å². The highest BCUT2D eigenvalue weighted by Crippen LogP contribution is 2.55. The Bertz CT molecular complexity index is 2370. The van der Waals surface area contributed by atoms with Crippen molar-refractivity contribution in [3.05, 3.63) is 82.7 Å². The van der Waals surface area contributed by atoms with Crippen molar-refractivity contribution in [2.45, 2.75) is 85.6 Å². The quantitative estimate of drug-likeness (QED) is 0.0415. The van der Waals surface area contributed by atoms with Crippen LogP contribution in [0.2, 0.25) is 0 Å². The lowest BCUT2D eigenvalue weighted by Crippen LogP contribution is -2.46. The Balaban J connectivity index is 1.70. The van der Waals surface area contributed by atoms with Crippen molar-refractivity contribution in [1.82, 2.24) is 5.43 Å². The van der Waals surface area contributed by atoms with E-state index in [1.165, 1.54) is 77.3 Å². The fraction of sp³-hybridized carbons (Fsp3) is 0.400. The number of ether oxygens (including phenoxy) is 4. The van der Waals surface area contributed by atoms with E-state index in [1.54, 1.807) is 33.8 Å². The summed E-state index contributed by atoms with van der Waals surface area (Å²) in [5.41, 5.74) is 7.63. The first-order chi connectivity index (χ1) is 29.1. The Morgan fingerprint density at radius 2 is 1.60 bits per heavy atom. The number of methoxy groups -OCH3 is 1. The number of anilines is 2. The molecule has 3 aromatic carbocycles. The summed E-state index contributed by atoms with van der Waals surface area (Å²) < 4.78 is 23.5. The van der Waals surface area contributed by atoms with Gasteiger partial charge in [0.25, 0.3) is 17.6 Å². The van der Waals surface area contributed by atoms with Gasteiger partial charge < -0.3 is 55.5 Å². The van der Waals surface area contributed by atoms with Gasteiger partial charge in [-0.05, 0) is 44.2 Å². The number of nitrogens with one attached hydrogen (secondary N) is 2. The van der Waals surface area contributed by atoms with Crippen molar-refractivity contribution in [3.63, 3.8) is 0 Å². The minimum atomic E-state index is -2.12. The van der Waals surface area contributed by atoms with Crippen LogP contribution in [-0.2, 0) is 23.8 Å². The summed E-state index contributed by atoms with van der Waals surface area (Å²) in [6, 6.07) is 5.93. The van der Waals surface area contributed by atoms with Gasteiger partial charge in [0.2, 0.25) is 0 Å². The molecule has 0 saturated carbocycles. The van der Waals surface area contributed by atoms with Gasteiger partial charge in [-0.25, -0.2) is 5.43 Å². The number of carbonyl (C=O) groups excluding carboxylic acids is 4. The van der Waals surface area contributed by atoms with Gasteiger partial charge in [-0.3, -0.25) is 19.2 Å². The summed E-state index contributed by atoms with van der Waals surface area (Å²) in [6.45, 7) is 12.2. The molecule has 0 aliphatic carbocycles. The van der Waals surface area contributed by atoms with E-state index in [2.05, 4.69) is 15.8 Å². The number of phenols is 3. The first kappa shape index (κ1) is 46.6. The molecule has 3 heterocycles. The first-order valence-electron chi connectivity index (χ1n) is 19.9. The molecule has 0 spiro atoms. The predicted molar refractivity (Wildman–Crippen MR) is 230 cm³/mol. The number of Topliss-reactive ketones (excluding diaryl/α,β-unsaturated/α-hetero) is 1. The molecule has 0 fully saturated rings. The lowest BCUT2D eigenvalue weighted by Gasteiger charge is -2.38. The van der Waals surface area contributed by atoms with Gasteiger partial charge in [0.05, 0.1) is 53.0 Å². The van der Waals surface area contributed by atoms with Crippen LogP contribution < -0.4 is 21.2 Å². The van der Waals surface area contributed by atoms with E-state index in [9.17, 15) is 44.7 Å². The van der Waals surface area contributed by atoms with Crippen LogP contribution in [0, 0.1) is 30.6 Å². The summed E-state index contributed by atoms with van der Waals surface area (Å²) in [5, 5.41) is 64.0. The number of nitrogen functional groups attached to an aromatic ring is 1. The molecule has 9 atom stereocenters. The molecule has 0 aromatic heterocycles. The van der Waals surface area contributed by atoms with Crippen molar-refractivity contribution in [2.24, 2.45) is 28.8 Å². The summed E-state index contributed by atoms with van der Waals surface area (Å²) in [4.78, 5) is 53.4. The molecule has 3 aliphatic heterocycles.